The van der Waals surface area contributed by atoms with Crippen LogP contribution in [0, 0.1) is 0 Å². The van der Waals surface area contributed by atoms with Crippen LogP contribution in [0.1, 0.15) is 15.9 Å². The van der Waals surface area contributed by atoms with Crippen LogP contribution in [0.2, 0.25) is 0 Å². The van der Waals surface area contributed by atoms with E-state index in [0.717, 1.165) is 5.56 Å². The van der Waals surface area contributed by atoms with Crippen molar-refractivity contribution in [1.82, 2.24) is 5.16 Å². The number of carboxylic acid groups (broad SMARTS) is 1. The first kappa shape index (κ1) is 14.5. The molecular formula is C17H12N2O4. The normalized spacial score (nSPS) is 11.0. The topological polar surface area (TPSA) is 95.9 Å². The van der Waals surface area contributed by atoms with Crippen molar-refractivity contribution >= 4 is 12.2 Å². The van der Waals surface area contributed by atoms with Crippen LogP contribution in [0.4, 0.5) is 0 Å². The molecule has 3 aromatic rings. The molecule has 114 valence electrons. The van der Waals surface area contributed by atoms with Gasteiger partial charge in [0.2, 0.25) is 0 Å². The van der Waals surface area contributed by atoms with E-state index in [1.165, 1.54) is 18.3 Å². The van der Waals surface area contributed by atoms with E-state index in [-0.39, 0.29) is 5.56 Å². The van der Waals surface area contributed by atoms with Crippen LogP contribution < -0.4 is 0 Å². The number of carbonyl (C=O) groups is 1. The highest BCUT2D eigenvalue weighted by atomic mass is 16.5. The van der Waals surface area contributed by atoms with Crippen molar-refractivity contribution in [3.8, 4) is 22.6 Å². The number of hydrogen-bond donors (Lipinski definition) is 2. The van der Waals surface area contributed by atoms with Crippen molar-refractivity contribution < 1.29 is 19.6 Å². The number of carboxylic acids is 1. The van der Waals surface area contributed by atoms with Crippen LogP contribution in [0.25, 0.3) is 22.6 Å². The van der Waals surface area contributed by atoms with Crippen molar-refractivity contribution in [2.45, 2.75) is 0 Å². The predicted molar refractivity (Wildman–Crippen MR) is 83.7 cm³/mol. The molecule has 0 atom stereocenters. The third kappa shape index (κ3) is 2.82. The Bertz CT molecular complexity index is 869. The van der Waals surface area contributed by atoms with Gasteiger partial charge in [-0.3, -0.25) is 0 Å². The minimum atomic E-state index is -1.03. The van der Waals surface area contributed by atoms with E-state index in [4.69, 9.17) is 14.8 Å². The van der Waals surface area contributed by atoms with E-state index in [2.05, 4.69) is 10.3 Å². The van der Waals surface area contributed by atoms with Crippen molar-refractivity contribution in [1.29, 1.82) is 0 Å². The van der Waals surface area contributed by atoms with Crippen molar-refractivity contribution in [3.05, 3.63) is 65.7 Å². The van der Waals surface area contributed by atoms with Gasteiger partial charge >= 0.3 is 5.97 Å². The molecule has 0 spiro atoms. The van der Waals surface area contributed by atoms with Crippen molar-refractivity contribution in [2.75, 3.05) is 0 Å². The number of rotatable bonds is 4. The van der Waals surface area contributed by atoms with Crippen LogP contribution in [0.3, 0.4) is 0 Å². The average molecular weight is 308 g/mol. The molecule has 0 aliphatic carbocycles. The third-order valence-corrected chi connectivity index (χ3v) is 3.33. The molecule has 3 rings (SSSR count). The first-order chi connectivity index (χ1) is 11.2. The Morgan fingerprint density at radius 2 is 1.83 bits per heavy atom. The van der Waals surface area contributed by atoms with E-state index in [1.807, 2.05) is 30.3 Å². The molecule has 6 nitrogen and oxygen atoms in total. The van der Waals surface area contributed by atoms with Crippen LogP contribution in [0.15, 0.2) is 64.3 Å². The van der Waals surface area contributed by atoms with Crippen LogP contribution >= 0.6 is 0 Å². The lowest BCUT2D eigenvalue weighted by molar-refractivity contribution is 0.0697. The standard InChI is InChI=1S/C17H12N2O4/c20-17(21)13-8-4-7-12(9-13)15-14(10-18-22)16(23-19-15)11-5-2-1-3-6-11/h1-10,22H,(H,20,21)/b18-10+. The molecule has 0 amide bonds. The van der Waals surface area contributed by atoms with Gasteiger partial charge in [-0.2, -0.15) is 0 Å². The smallest absolute Gasteiger partial charge is 0.335 e. The fourth-order valence-corrected chi connectivity index (χ4v) is 2.28. The first-order valence-electron chi connectivity index (χ1n) is 6.77. The summed E-state index contributed by atoms with van der Waals surface area (Å²) in [6.07, 6.45) is 1.22. The van der Waals surface area contributed by atoms with Crippen LogP contribution in [-0.4, -0.2) is 27.7 Å². The minimum Gasteiger partial charge on any atom is -0.478 e. The fraction of sp³-hybridized carbons (Fsp3) is 0. The molecule has 0 unspecified atom stereocenters. The number of hydrogen-bond acceptors (Lipinski definition) is 5. The second kappa shape index (κ2) is 6.15. The maximum atomic E-state index is 11.1. The van der Waals surface area contributed by atoms with Gasteiger partial charge in [0.15, 0.2) is 5.76 Å². The summed E-state index contributed by atoms with van der Waals surface area (Å²) in [7, 11) is 0. The fourth-order valence-electron chi connectivity index (χ4n) is 2.28. The maximum Gasteiger partial charge on any atom is 0.335 e. The van der Waals surface area contributed by atoms with Gasteiger partial charge < -0.3 is 14.8 Å². The SMILES string of the molecule is O=C(O)c1cccc(-c2noc(-c3ccccc3)c2/C=N/O)c1. The Hall–Kier alpha value is -3.41. The third-order valence-electron chi connectivity index (χ3n) is 3.33. The first-order valence-corrected chi connectivity index (χ1v) is 6.77. The van der Waals surface area contributed by atoms with Gasteiger partial charge in [-0.05, 0) is 12.1 Å². The number of nitrogens with zero attached hydrogens (tertiary/aromatic N) is 2. The largest absolute Gasteiger partial charge is 0.478 e. The molecule has 2 aromatic carbocycles. The molecule has 0 fully saturated rings. The summed E-state index contributed by atoms with van der Waals surface area (Å²) in [5.74, 6) is -0.588. The Balaban J connectivity index is 2.16. The zero-order valence-electron chi connectivity index (χ0n) is 11.9. The summed E-state index contributed by atoms with van der Waals surface area (Å²) >= 11 is 0. The Kier molecular flexibility index (Phi) is 3.88. The lowest BCUT2D eigenvalue weighted by atomic mass is 10.0. The Labute approximate surface area is 131 Å². The van der Waals surface area contributed by atoms with Crippen LogP contribution in [-0.2, 0) is 0 Å². The molecule has 0 saturated carbocycles. The van der Waals surface area contributed by atoms with Gasteiger partial charge in [0.25, 0.3) is 0 Å². The van der Waals surface area contributed by atoms with Crippen molar-refractivity contribution in [3.63, 3.8) is 0 Å². The monoisotopic (exact) mass is 308 g/mol. The van der Waals surface area contributed by atoms with E-state index in [1.54, 1.807) is 12.1 Å². The zero-order chi connectivity index (χ0) is 16.2. The molecule has 23 heavy (non-hydrogen) atoms. The highest BCUT2D eigenvalue weighted by Gasteiger charge is 2.18. The summed E-state index contributed by atoms with van der Waals surface area (Å²) < 4.78 is 5.39. The summed E-state index contributed by atoms with van der Waals surface area (Å²) in [6, 6.07) is 15.6. The molecule has 1 aromatic heterocycles. The Morgan fingerprint density at radius 3 is 2.52 bits per heavy atom. The van der Waals surface area contributed by atoms with E-state index in [9.17, 15) is 4.79 Å². The number of benzene rings is 2. The highest BCUT2D eigenvalue weighted by Crippen LogP contribution is 2.31. The summed E-state index contributed by atoms with van der Waals surface area (Å²) in [4.78, 5) is 11.1. The van der Waals surface area contributed by atoms with Gasteiger partial charge in [0.05, 0.1) is 17.3 Å². The van der Waals surface area contributed by atoms with E-state index < -0.39 is 5.97 Å². The van der Waals surface area contributed by atoms with Gasteiger partial charge in [0.1, 0.15) is 5.69 Å². The average Bonchev–Trinajstić information content (AvgIpc) is 3.00. The van der Waals surface area contributed by atoms with Crippen LogP contribution in [0.5, 0.6) is 0 Å². The summed E-state index contributed by atoms with van der Waals surface area (Å²) in [6.45, 7) is 0. The predicted octanol–water partition coefficient (Wildman–Crippen LogP) is 3.51. The van der Waals surface area contributed by atoms with Gasteiger partial charge in [-0.1, -0.05) is 52.8 Å². The van der Waals surface area contributed by atoms with Gasteiger partial charge in [0, 0.05) is 11.1 Å². The van der Waals surface area contributed by atoms with Gasteiger partial charge in [-0.25, -0.2) is 4.79 Å². The second-order valence-electron chi connectivity index (χ2n) is 4.77. The molecule has 0 radical (unpaired) electrons. The molecule has 2 N–H and O–H groups in total. The maximum absolute atomic E-state index is 11.1. The molecule has 0 bridgehead atoms. The van der Waals surface area contributed by atoms with E-state index in [0.29, 0.717) is 22.6 Å². The number of aromatic carboxylic acids is 1. The van der Waals surface area contributed by atoms with E-state index >= 15 is 0 Å². The molecular weight excluding hydrogens is 296 g/mol. The lowest BCUT2D eigenvalue weighted by Crippen LogP contribution is -1.96. The second-order valence-corrected chi connectivity index (χ2v) is 4.77. The number of aromatic nitrogens is 1. The molecule has 6 heteroatoms. The molecule has 0 aliphatic heterocycles. The lowest BCUT2D eigenvalue weighted by Gasteiger charge is -2.01. The van der Waals surface area contributed by atoms with Crippen molar-refractivity contribution in [2.24, 2.45) is 5.16 Å². The highest BCUT2D eigenvalue weighted by molar-refractivity contribution is 5.96. The Morgan fingerprint density at radius 1 is 1.09 bits per heavy atom. The summed E-state index contributed by atoms with van der Waals surface area (Å²) in [5, 5.41) is 25.1. The zero-order valence-corrected chi connectivity index (χ0v) is 11.9. The molecule has 1 heterocycles. The summed E-state index contributed by atoms with van der Waals surface area (Å²) in [5.41, 5.74) is 2.35. The number of oxime groups is 1. The minimum absolute atomic E-state index is 0.138. The molecule has 0 aliphatic rings. The quantitative estimate of drug-likeness (QED) is 0.437. The van der Waals surface area contributed by atoms with Gasteiger partial charge in [-0.15, -0.1) is 0 Å². The molecule has 0 saturated heterocycles.